The summed E-state index contributed by atoms with van der Waals surface area (Å²) in [5, 5.41) is 12.1. The molecule has 2 N–H and O–H groups in total. The lowest BCUT2D eigenvalue weighted by Crippen LogP contribution is -2.31. The van der Waals surface area contributed by atoms with E-state index in [0.29, 0.717) is 11.5 Å². The molecule has 0 radical (unpaired) electrons. The van der Waals surface area contributed by atoms with Crippen molar-refractivity contribution in [2.75, 3.05) is 6.61 Å². The molecular weight excluding hydrogens is 296 g/mol. The van der Waals surface area contributed by atoms with Crippen LogP contribution in [0.15, 0.2) is 57.9 Å². The monoisotopic (exact) mass is 312 g/mol. The van der Waals surface area contributed by atoms with Gasteiger partial charge in [0.1, 0.15) is 11.8 Å². The van der Waals surface area contributed by atoms with Crippen LogP contribution in [-0.2, 0) is 0 Å². The van der Waals surface area contributed by atoms with Gasteiger partial charge < -0.3 is 19.3 Å². The Morgan fingerprint density at radius 2 is 2.04 bits per heavy atom. The van der Waals surface area contributed by atoms with Crippen molar-refractivity contribution in [3.8, 4) is 11.3 Å². The molecule has 0 saturated heterocycles. The fourth-order valence-corrected chi connectivity index (χ4v) is 2.24. The third kappa shape index (κ3) is 3.17. The summed E-state index contributed by atoms with van der Waals surface area (Å²) >= 11 is 0. The van der Waals surface area contributed by atoms with Crippen LogP contribution in [0.2, 0.25) is 0 Å². The highest BCUT2D eigenvalue weighted by atomic mass is 16.3. The first-order valence-corrected chi connectivity index (χ1v) is 7.14. The van der Waals surface area contributed by atoms with Gasteiger partial charge in [-0.1, -0.05) is 29.8 Å². The van der Waals surface area contributed by atoms with Gasteiger partial charge in [0.2, 0.25) is 0 Å². The van der Waals surface area contributed by atoms with E-state index < -0.39 is 11.9 Å². The largest absolute Gasteiger partial charge is 0.467 e. The SMILES string of the molecule is Cc1ccc(-c2ocnc2C(=O)NC(CO)c2ccco2)cc1. The molecule has 3 rings (SSSR count). The van der Waals surface area contributed by atoms with Gasteiger partial charge in [-0.2, -0.15) is 0 Å². The van der Waals surface area contributed by atoms with Gasteiger partial charge in [0, 0.05) is 5.56 Å². The Kier molecular flexibility index (Phi) is 4.25. The summed E-state index contributed by atoms with van der Waals surface area (Å²) in [4.78, 5) is 16.4. The van der Waals surface area contributed by atoms with Gasteiger partial charge in [0.25, 0.3) is 5.91 Å². The lowest BCUT2D eigenvalue weighted by molar-refractivity contribution is 0.0903. The predicted molar refractivity (Wildman–Crippen MR) is 82.7 cm³/mol. The highest BCUT2D eigenvalue weighted by molar-refractivity contribution is 5.97. The van der Waals surface area contributed by atoms with E-state index in [1.165, 1.54) is 12.7 Å². The quantitative estimate of drug-likeness (QED) is 0.756. The Balaban J connectivity index is 1.83. The third-order valence-electron chi connectivity index (χ3n) is 3.47. The standard InChI is InChI=1S/C17H16N2O4/c1-11-4-6-12(7-5-11)16-15(18-10-23-16)17(21)19-13(9-20)14-3-2-8-22-14/h2-8,10,13,20H,9H2,1H3,(H,19,21). The Morgan fingerprint density at radius 1 is 1.26 bits per heavy atom. The number of aliphatic hydroxyl groups excluding tert-OH is 1. The van der Waals surface area contributed by atoms with E-state index in [1.807, 2.05) is 31.2 Å². The Hall–Kier alpha value is -2.86. The first-order valence-electron chi connectivity index (χ1n) is 7.14. The van der Waals surface area contributed by atoms with Gasteiger partial charge in [-0.25, -0.2) is 4.98 Å². The number of oxazole rings is 1. The molecule has 3 aromatic rings. The van der Waals surface area contributed by atoms with Crippen LogP contribution >= 0.6 is 0 Å². The molecule has 0 spiro atoms. The maximum Gasteiger partial charge on any atom is 0.274 e. The van der Waals surface area contributed by atoms with E-state index in [9.17, 15) is 9.90 Å². The maximum absolute atomic E-state index is 12.4. The van der Waals surface area contributed by atoms with Gasteiger partial charge in [0.05, 0.1) is 12.9 Å². The van der Waals surface area contributed by atoms with Crippen LogP contribution in [0.3, 0.4) is 0 Å². The van der Waals surface area contributed by atoms with Crippen molar-refractivity contribution in [3.63, 3.8) is 0 Å². The number of carbonyl (C=O) groups excluding carboxylic acids is 1. The molecule has 0 aliphatic rings. The van der Waals surface area contributed by atoms with Crippen molar-refractivity contribution in [2.24, 2.45) is 0 Å². The van der Waals surface area contributed by atoms with E-state index in [2.05, 4.69) is 10.3 Å². The molecule has 1 aromatic carbocycles. The van der Waals surface area contributed by atoms with Crippen molar-refractivity contribution < 1.29 is 18.7 Å². The molecule has 0 bridgehead atoms. The van der Waals surface area contributed by atoms with Crippen molar-refractivity contribution in [3.05, 3.63) is 66.1 Å². The average molecular weight is 312 g/mol. The van der Waals surface area contributed by atoms with Gasteiger partial charge in [0.15, 0.2) is 17.8 Å². The second-order valence-electron chi connectivity index (χ2n) is 5.12. The molecule has 0 fully saturated rings. The summed E-state index contributed by atoms with van der Waals surface area (Å²) in [6.07, 6.45) is 2.71. The van der Waals surface area contributed by atoms with Gasteiger partial charge in [-0.3, -0.25) is 4.79 Å². The van der Waals surface area contributed by atoms with Crippen LogP contribution in [-0.4, -0.2) is 22.6 Å². The Bertz CT molecular complexity index is 775. The minimum absolute atomic E-state index is 0.166. The number of hydrogen-bond acceptors (Lipinski definition) is 5. The smallest absolute Gasteiger partial charge is 0.274 e. The van der Waals surface area contributed by atoms with Gasteiger partial charge in [-0.05, 0) is 19.1 Å². The number of furan rings is 1. The Labute approximate surface area is 132 Å². The van der Waals surface area contributed by atoms with E-state index in [1.54, 1.807) is 12.1 Å². The second kappa shape index (κ2) is 6.50. The van der Waals surface area contributed by atoms with Crippen LogP contribution < -0.4 is 5.32 Å². The summed E-state index contributed by atoms with van der Waals surface area (Å²) in [7, 11) is 0. The van der Waals surface area contributed by atoms with Crippen LogP contribution in [0, 0.1) is 6.92 Å². The van der Waals surface area contributed by atoms with E-state index in [-0.39, 0.29) is 12.3 Å². The number of amides is 1. The molecule has 0 aliphatic carbocycles. The molecule has 1 unspecified atom stereocenters. The van der Waals surface area contributed by atoms with Gasteiger partial charge in [-0.15, -0.1) is 0 Å². The number of aliphatic hydroxyl groups is 1. The van der Waals surface area contributed by atoms with E-state index >= 15 is 0 Å². The molecule has 2 aromatic heterocycles. The zero-order chi connectivity index (χ0) is 16.2. The van der Waals surface area contributed by atoms with E-state index in [0.717, 1.165) is 11.1 Å². The van der Waals surface area contributed by atoms with E-state index in [4.69, 9.17) is 8.83 Å². The lowest BCUT2D eigenvalue weighted by atomic mass is 10.1. The summed E-state index contributed by atoms with van der Waals surface area (Å²) in [5.41, 5.74) is 2.04. The zero-order valence-electron chi connectivity index (χ0n) is 12.5. The third-order valence-corrected chi connectivity index (χ3v) is 3.47. The molecule has 118 valence electrons. The molecule has 2 heterocycles. The zero-order valence-corrected chi connectivity index (χ0v) is 12.5. The van der Waals surface area contributed by atoms with Crippen LogP contribution in [0.25, 0.3) is 11.3 Å². The van der Waals surface area contributed by atoms with Gasteiger partial charge >= 0.3 is 0 Å². The first kappa shape index (κ1) is 15.1. The van der Waals surface area contributed by atoms with Crippen molar-refractivity contribution in [1.29, 1.82) is 0 Å². The van der Waals surface area contributed by atoms with Crippen LogP contribution in [0.4, 0.5) is 0 Å². The lowest BCUT2D eigenvalue weighted by Gasteiger charge is -2.13. The molecule has 0 saturated carbocycles. The first-order chi connectivity index (χ1) is 11.2. The fraction of sp³-hybridized carbons (Fsp3) is 0.176. The number of nitrogens with one attached hydrogen (secondary N) is 1. The van der Waals surface area contributed by atoms with Crippen LogP contribution in [0.5, 0.6) is 0 Å². The predicted octanol–water partition coefficient (Wildman–Crippen LogP) is 2.71. The maximum atomic E-state index is 12.4. The van der Waals surface area contributed by atoms with Crippen molar-refractivity contribution in [1.82, 2.24) is 10.3 Å². The number of benzene rings is 1. The minimum Gasteiger partial charge on any atom is -0.467 e. The molecule has 1 amide bonds. The minimum atomic E-state index is -0.639. The molecular formula is C17H16N2O4. The fourth-order valence-electron chi connectivity index (χ4n) is 2.24. The molecule has 6 nitrogen and oxygen atoms in total. The normalized spacial score (nSPS) is 12.1. The number of aryl methyl sites for hydroxylation is 1. The number of hydrogen-bond donors (Lipinski definition) is 2. The topological polar surface area (TPSA) is 88.5 Å². The summed E-state index contributed by atoms with van der Waals surface area (Å²) in [6, 6.07) is 10.3. The number of rotatable bonds is 5. The van der Waals surface area contributed by atoms with Crippen LogP contribution in [0.1, 0.15) is 27.9 Å². The van der Waals surface area contributed by atoms with Crippen molar-refractivity contribution >= 4 is 5.91 Å². The number of carbonyl (C=O) groups is 1. The highest BCUT2D eigenvalue weighted by Gasteiger charge is 2.22. The molecule has 6 heteroatoms. The molecule has 23 heavy (non-hydrogen) atoms. The highest BCUT2D eigenvalue weighted by Crippen LogP contribution is 2.24. The summed E-state index contributed by atoms with van der Waals surface area (Å²) in [6.45, 7) is 1.70. The summed E-state index contributed by atoms with van der Waals surface area (Å²) in [5.74, 6) is 0.421. The molecule has 1 atom stereocenters. The number of aromatic nitrogens is 1. The number of nitrogens with zero attached hydrogens (tertiary/aromatic N) is 1. The average Bonchev–Trinajstić information content (AvgIpc) is 3.24. The molecule has 0 aliphatic heterocycles. The summed E-state index contributed by atoms with van der Waals surface area (Å²) < 4.78 is 10.6. The Morgan fingerprint density at radius 3 is 2.70 bits per heavy atom. The second-order valence-corrected chi connectivity index (χ2v) is 5.12. The van der Waals surface area contributed by atoms with Crippen molar-refractivity contribution in [2.45, 2.75) is 13.0 Å².